The highest BCUT2D eigenvalue weighted by Crippen LogP contribution is 2.23. The van der Waals surface area contributed by atoms with Crippen LogP contribution in [0.15, 0.2) is 69.6 Å². The maximum absolute atomic E-state index is 12.0. The van der Waals surface area contributed by atoms with Gasteiger partial charge in [0, 0.05) is 28.6 Å². The number of benzene rings is 2. The number of nitrogens with one attached hydrogen (secondary N) is 1. The van der Waals surface area contributed by atoms with E-state index in [2.05, 4.69) is 40.3 Å². The fourth-order valence-corrected chi connectivity index (χ4v) is 2.64. The molecule has 3 nitrogen and oxygen atoms in total. The highest BCUT2D eigenvalue weighted by molar-refractivity contribution is 9.10. The zero-order chi connectivity index (χ0) is 16.9. The molecule has 0 aliphatic heterocycles. The Morgan fingerprint density at radius 3 is 2.42 bits per heavy atom. The molecule has 0 atom stereocenters. The third-order valence-corrected chi connectivity index (χ3v) is 4.25. The Morgan fingerprint density at radius 2 is 1.71 bits per heavy atom. The summed E-state index contributed by atoms with van der Waals surface area (Å²) >= 11 is 3.37. The molecule has 0 radical (unpaired) electrons. The number of furan rings is 1. The topological polar surface area (TPSA) is 42.2 Å². The third-order valence-electron chi connectivity index (χ3n) is 3.72. The number of rotatable bonds is 5. The molecule has 1 N–H and O–H groups in total. The van der Waals surface area contributed by atoms with Crippen molar-refractivity contribution in [1.29, 1.82) is 0 Å². The summed E-state index contributed by atoms with van der Waals surface area (Å²) in [4.78, 5) is 12.0. The number of amides is 1. The van der Waals surface area contributed by atoms with Crippen molar-refractivity contribution in [1.82, 2.24) is 0 Å². The number of aryl methyl sites for hydroxylation is 2. The minimum Gasteiger partial charge on any atom is -0.461 e. The van der Waals surface area contributed by atoms with Crippen molar-refractivity contribution in [3.8, 4) is 11.3 Å². The lowest BCUT2D eigenvalue weighted by Crippen LogP contribution is -2.11. The Hall–Kier alpha value is -2.33. The molecule has 1 amide bonds. The Bertz CT molecular complexity index is 820. The van der Waals surface area contributed by atoms with Crippen LogP contribution in [-0.2, 0) is 11.2 Å². The lowest BCUT2D eigenvalue weighted by Gasteiger charge is -2.04. The van der Waals surface area contributed by atoms with Crippen LogP contribution >= 0.6 is 15.9 Å². The molecule has 0 saturated carbocycles. The summed E-state index contributed by atoms with van der Waals surface area (Å²) in [5.41, 5.74) is 3.06. The summed E-state index contributed by atoms with van der Waals surface area (Å²) in [6.07, 6.45) is 0.963. The van der Waals surface area contributed by atoms with E-state index in [1.54, 1.807) is 0 Å². The maximum Gasteiger partial charge on any atom is 0.224 e. The monoisotopic (exact) mass is 383 g/mol. The van der Waals surface area contributed by atoms with E-state index >= 15 is 0 Å². The number of anilines is 1. The number of carbonyl (C=O) groups is 1. The highest BCUT2D eigenvalue weighted by atomic mass is 79.9. The number of carbonyl (C=O) groups excluding carboxylic acids is 1. The molecule has 3 aromatic rings. The molecule has 24 heavy (non-hydrogen) atoms. The van der Waals surface area contributed by atoms with E-state index in [4.69, 9.17) is 4.42 Å². The van der Waals surface area contributed by atoms with Crippen molar-refractivity contribution in [2.75, 3.05) is 5.32 Å². The zero-order valence-corrected chi connectivity index (χ0v) is 15.0. The third kappa shape index (κ3) is 4.36. The average Bonchev–Trinajstić information content (AvgIpc) is 3.05. The van der Waals surface area contributed by atoms with E-state index in [0.717, 1.165) is 27.2 Å². The Kier molecular flexibility index (Phi) is 5.16. The molecule has 0 unspecified atom stereocenters. The molecule has 122 valence electrons. The Labute approximate surface area is 149 Å². The van der Waals surface area contributed by atoms with Gasteiger partial charge in [-0.2, -0.15) is 0 Å². The Balaban J connectivity index is 1.56. The first-order valence-corrected chi connectivity index (χ1v) is 8.60. The van der Waals surface area contributed by atoms with Gasteiger partial charge >= 0.3 is 0 Å². The summed E-state index contributed by atoms with van der Waals surface area (Å²) in [6, 6.07) is 19.6. The smallest absolute Gasteiger partial charge is 0.224 e. The summed E-state index contributed by atoms with van der Waals surface area (Å²) in [5, 5.41) is 2.88. The maximum atomic E-state index is 12.0. The molecule has 0 bridgehead atoms. The molecule has 1 aromatic heterocycles. The predicted octanol–water partition coefficient (Wildman–Crippen LogP) is 5.59. The van der Waals surface area contributed by atoms with Crippen LogP contribution in [0.5, 0.6) is 0 Å². The fourth-order valence-electron chi connectivity index (χ4n) is 2.38. The molecule has 0 saturated heterocycles. The average molecular weight is 384 g/mol. The molecule has 0 fully saturated rings. The van der Waals surface area contributed by atoms with E-state index in [1.165, 1.54) is 5.56 Å². The lowest BCUT2D eigenvalue weighted by molar-refractivity contribution is -0.116. The van der Waals surface area contributed by atoms with Gasteiger partial charge in [-0.3, -0.25) is 4.79 Å². The molecule has 0 spiro atoms. The van der Waals surface area contributed by atoms with Gasteiger partial charge in [0.1, 0.15) is 11.5 Å². The minimum atomic E-state index is -0.0226. The quantitative estimate of drug-likeness (QED) is 0.623. The second kappa shape index (κ2) is 7.49. The molecule has 4 heteroatoms. The van der Waals surface area contributed by atoms with E-state index < -0.39 is 0 Å². The molecule has 2 aromatic carbocycles. The molecule has 0 aliphatic rings. The highest BCUT2D eigenvalue weighted by Gasteiger charge is 2.08. The summed E-state index contributed by atoms with van der Waals surface area (Å²) in [5.74, 6) is 1.63. The second-order valence-electron chi connectivity index (χ2n) is 5.69. The first kappa shape index (κ1) is 16.5. The summed E-state index contributed by atoms with van der Waals surface area (Å²) in [6.45, 7) is 2.06. The SMILES string of the molecule is Cc1ccc(-c2ccc(CCC(=O)Nc3ccc(Br)cc3)o2)cc1. The van der Waals surface area contributed by atoms with Crippen LogP contribution in [0.4, 0.5) is 5.69 Å². The van der Waals surface area contributed by atoms with Crippen LogP contribution in [0.25, 0.3) is 11.3 Å². The van der Waals surface area contributed by atoms with Gasteiger partial charge in [0.05, 0.1) is 0 Å². The van der Waals surface area contributed by atoms with E-state index in [-0.39, 0.29) is 5.91 Å². The molecule has 3 rings (SSSR count). The van der Waals surface area contributed by atoms with Crippen LogP contribution in [-0.4, -0.2) is 5.91 Å². The van der Waals surface area contributed by atoms with Gasteiger partial charge in [-0.05, 0) is 43.3 Å². The molecule has 1 heterocycles. The predicted molar refractivity (Wildman–Crippen MR) is 100.0 cm³/mol. The van der Waals surface area contributed by atoms with Crippen LogP contribution in [0.1, 0.15) is 17.7 Å². The second-order valence-corrected chi connectivity index (χ2v) is 6.60. The number of halogens is 1. The molecular formula is C20H18BrNO2. The first-order valence-electron chi connectivity index (χ1n) is 7.81. The van der Waals surface area contributed by atoms with E-state index in [9.17, 15) is 4.79 Å². The largest absolute Gasteiger partial charge is 0.461 e. The van der Waals surface area contributed by atoms with Gasteiger partial charge < -0.3 is 9.73 Å². The van der Waals surface area contributed by atoms with Crippen LogP contribution < -0.4 is 5.32 Å². The minimum absolute atomic E-state index is 0.0226. The van der Waals surface area contributed by atoms with Gasteiger partial charge in [-0.15, -0.1) is 0 Å². The molecule has 0 aliphatic carbocycles. The van der Waals surface area contributed by atoms with Crippen molar-refractivity contribution in [3.63, 3.8) is 0 Å². The fraction of sp³-hybridized carbons (Fsp3) is 0.150. The zero-order valence-electron chi connectivity index (χ0n) is 13.4. The number of hydrogen-bond donors (Lipinski definition) is 1. The van der Waals surface area contributed by atoms with Crippen molar-refractivity contribution in [2.24, 2.45) is 0 Å². The van der Waals surface area contributed by atoms with E-state index in [0.29, 0.717) is 12.8 Å². The first-order chi connectivity index (χ1) is 11.6. The summed E-state index contributed by atoms with van der Waals surface area (Å²) < 4.78 is 6.83. The lowest BCUT2D eigenvalue weighted by atomic mass is 10.1. The van der Waals surface area contributed by atoms with Crippen molar-refractivity contribution >= 4 is 27.5 Å². The van der Waals surface area contributed by atoms with Gasteiger partial charge in [0.2, 0.25) is 5.91 Å². The Morgan fingerprint density at radius 1 is 1.00 bits per heavy atom. The van der Waals surface area contributed by atoms with Crippen LogP contribution in [0.2, 0.25) is 0 Å². The van der Waals surface area contributed by atoms with Crippen molar-refractivity contribution in [3.05, 3.63) is 76.5 Å². The number of hydrogen-bond acceptors (Lipinski definition) is 2. The van der Waals surface area contributed by atoms with Crippen molar-refractivity contribution < 1.29 is 9.21 Å². The van der Waals surface area contributed by atoms with Gasteiger partial charge in [0.25, 0.3) is 0 Å². The van der Waals surface area contributed by atoms with Crippen LogP contribution in [0.3, 0.4) is 0 Å². The van der Waals surface area contributed by atoms with E-state index in [1.807, 2.05) is 48.5 Å². The van der Waals surface area contributed by atoms with Gasteiger partial charge in [-0.25, -0.2) is 0 Å². The normalized spacial score (nSPS) is 10.6. The van der Waals surface area contributed by atoms with Gasteiger partial charge in [0.15, 0.2) is 0 Å². The van der Waals surface area contributed by atoms with Crippen molar-refractivity contribution in [2.45, 2.75) is 19.8 Å². The van der Waals surface area contributed by atoms with Crippen LogP contribution in [0, 0.1) is 6.92 Å². The standard InChI is InChI=1S/C20H18BrNO2/c1-14-2-4-15(5-3-14)19-12-10-18(24-19)11-13-20(23)22-17-8-6-16(21)7-9-17/h2-10,12H,11,13H2,1H3,(H,22,23). The molecular weight excluding hydrogens is 366 g/mol. The van der Waals surface area contributed by atoms with Gasteiger partial charge in [-0.1, -0.05) is 45.8 Å². The summed E-state index contributed by atoms with van der Waals surface area (Å²) in [7, 11) is 0.